The van der Waals surface area contributed by atoms with Gasteiger partial charge in [-0.2, -0.15) is 0 Å². The number of ether oxygens (including phenoxy) is 2. The summed E-state index contributed by atoms with van der Waals surface area (Å²) in [7, 11) is 1.57. The van der Waals surface area contributed by atoms with Crippen molar-refractivity contribution in [2.45, 2.75) is 20.8 Å². The molecular weight excluding hydrogens is 336 g/mol. The topological polar surface area (TPSA) is 35.5 Å². The number of fused-ring (bicyclic) bond motifs is 1. The van der Waals surface area contributed by atoms with Crippen LogP contribution in [0.25, 0.3) is 22.9 Å². The first-order valence-corrected chi connectivity index (χ1v) is 8.94. The molecule has 27 heavy (non-hydrogen) atoms. The van der Waals surface area contributed by atoms with Crippen LogP contribution in [-0.4, -0.2) is 13.1 Å². The van der Waals surface area contributed by atoms with E-state index in [-0.39, 0.29) is 5.97 Å². The maximum atomic E-state index is 12.1. The fourth-order valence-corrected chi connectivity index (χ4v) is 2.71. The van der Waals surface area contributed by atoms with E-state index in [1.165, 1.54) is 10.8 Å². The molecular formula is C24H24O3. The highest BCUT2D eigenvalue weighted by molar-refractivity contribution is 5.92. The van der Waals surface area contributed by atoms with Crippen molar-refractivity contribution < 1.29 is 14.3 Å². The minimum atomic E-state index is -0.571. The van der Waals surface area contributed by atoms with Gasteiger partial charge < -0.3 is 9.47 Å². The van der Waals surface area contributed by atoms with Gasteiger partial charge in [0.1, 0.15) is 0 Å². The molecule has 0 aliphatic heterocycles. The zero-order valence-electron chi connectivity index (χ0n) is 16.2. The molecule has 0 aromatic heterocycles. The second-order valence-electron chi connectivity index (χ2n) is 7.45. The average molecular weight is 360 g/mol. The second-order valence-corrected chi connectivity index (χ2v) is 7.45. The first-order valence-electron chi connectivity index (χ1n) is 8.94. The molecule has 0 saturated carbocycles. The smallest absolute Gasteiger partial charge is 0.316 e. The van der Waals surface area contributed by atoms with Gasteiger partial charge in [-0.25, -0.2) is 0 Å². The fraction of sp³-hybridized carbons (Fsp3) is 0.208. The van der Waals surface area contributed by atoms with Crippen LogP contribution in [0.1, 0.15) is 31.9 Å². The fourth-order valence-electron chi connectivity index (χ4n) is 2.71. The van der Waals surface area contributed by atoms with E-state index < -0.39 is 5.41 Å². The van der Waals surface area contributed by atoms with Crippen LogP contribution in [-0.2, 0) is 4.79 Å². The molecule has 3 nitrogen and oxygen atoms in total. The van der Waals surface area contributed by atoms with Crippen LogP contribution in [0.5, 0.6) is 11.5 Å². The summed E-state index contributed by atoms with van der Waals surface area (Å²) in [5.41, 5.74) is 1.54. The van der Waals surface area contributed by atoms with Gasteiger partial charge in [0.15, 0.2) is 11.5 Å². The van der Waals surface area contributed by atoms with Gasteiger partial charge in [0.2, 0.25) is 0 Å². The van der Waals surface area contributed by atoms with Crippen molar-refractivity contribution in [1.82, 2.24) is 0 Å². The molecule has 0 spiro atoms. The van der Waals surface area contributed by atoms with Crippen LogP contribution in [0.15, 0.2) is 60.7 Å². The molecule has 0 N–H and O–H groups in total. The number of hydrogen-bond acceptors (Lipinski definition) is 3. The van der Waals surface area contributed by atoms with Crippen molar-refractivity contribution in [3.63, 3.8) is 0 Å². The lowest BCUT2D eigenvalue weighted by molar-refractivity contribution is -0.143. The molecule has 0 saturated heterocycles. The van der Waals surface area contributed by atoms with Gasteiger partial charge in [0, 0.05) is 0 Å². The maximum absolute atomic E-state index is 12.1. The second kappa shape index (κ2) is 7.67. The van der Waals surface area contributed by atoms with Crippen molar-refractivity contribution in [3.8, 4) is 11.5 Å². The van der Waals surface area contributed by atoms with Crippen molar-refractivity contribution in [3.05, 3.63) is 71.8 Å². The third-order valence-corrected chi connectivity index (χ3v) is 4.28. The normalized spacial score (nSPS) is 11.7. The van der Waals surface area contributed by atoms with Gasteiger partial charge in [-0.3, -0.25) is 4.79 Å². The average Bonchev–Trinajstić information content (AvgIpc) is 2.66. The number of hydrogen-bond donors (Lipinski definition) is 0. The molecule has 0 amide bonds. The highest BCUT2D eigenvalue weighted by atomic mass is 16.6. The Morgan fingerprint density at radius 2 is 1.63 bits per heavy atom. The summed E-state index contributed by atoms with van der Waals surface area (Å²) in [5.74, 6) is 0.673. The highest BCUT2D eigenvalue weighted by Crippen LogP contribution is 2.31. The molecule has 0 heterocycles. The van der Waals surface area contributed by atoms with Gasteiger partial charge in [-0.15, -0.1) is 0 Å². The zero-order valence-corrected chi connectivity index (χ0v) is 16.2. The number of esters is 1. The highest BCUT2D eigenvalue weighted by Gasteiger charge is 2.24. The van der Waals surface area contributed by atoms with Crippen molar-refractivity contribution in [2.24, 2.45) is 5.41 Å². The van der Waals surface area contributed by atoms with E-state index in [0.717, 1.165) is 11.1 Å². The van der Waals surface area contributed by atoms with Crippen molar-refractivity contribution in [2.75, 3.05) is 7.11 Å². The van der Waals surface area contributed by atoms with Crippen LogP contribution < -0.4 is 9.47 Å². The van der Waals surface area contributed by atoms with Crippen LogP contribution in [0, 0.1) is 5.41 Å². The standard InChI is InChI=1S/C24H24O3/c1-24(2,3)23(25)27-21-15-13-17(16-22(21)26-4)12-14-19-10-7-9-18-8-5-6-11-20(18)19/h5-16H,1-4H3/b14-12+. The van der Waals surface area contributed by atoms with E-state index in [0.29, 0.717) is 11.5 Å². The largest absolute Gasteiger partial charge is 0.493 e. The van der Waals surface area contributed by atoms with E-state index in [2.05, 4.69) is 36.4 Å². The summed E-state index contributed by atoms with van der Waals surface area (Å²) in [6.45, 7) is 5.47. The number of benzene rings is 3. The van der Waals surface area contributed by atoms with Gasteiger partial charge in [0.25, 0.3) is 0 Å². The number of carbonyl (C=O) groups is 1. The quantitative estimate of drug-likeness (QED) is 0.327. The molecule has 138 valence electrons. The third-order valence-electron chi connectivity index (χ3n) is 4.28. The molecule has 0 aliphatic carbocycles. The van der Waals surface area contributed by atoms with E-state index >= 15 is 0 Å². The predicted molar refractivity (Wildman–Crippen MR) is 111 cm³/mol. The predicted octanol–water partition coefficient (Wildman–Crippen LogP) is 5.97. The Morgan fingerprint density at radius 1 is 0.889 bits per heavy atom. The van der Waals surface area contributed by atoms with Gasteiger partial charge in [-0.1, -0.05) is 60.7 Å². The lowest BCUT2D eigenvalue weighted by atomic mass is 9.97. The lowest BCUT2D eigenvalue weighted by Gasteiger charge is -2.17. The lowest BCUT2D eigenvalue weighted by Crippen LogP contribution is -2.25. The summed E-state index contributed by atoms with van der Waals surface area (Å²) >= 11 is 0. The molecule has 3 aromatic carbocycles. The van der Waals surface area contributed by atoms with Crippen LogP contribution in [0.2, 0.25) is 0 Å². The van der Waals surface area contributed by atoms with Gasteiger partial charge in [0.05, 0.1) is 12.5 Å². The summed E-state index contributed by atoms with van der Waals surface area (Å²) in [6, 6.07) is 20.1. The molecule has 3 heteroatoms. The molecule has 0 aliphatic rings. The number of methoxy groups -OCH3 is 1. The summed E-state index contributed by atoms with van der Waals surface area (Å²) < 4.78 is 10.9. The molecule has 0 atom stereocenters. The van der Waals surface area contributed by atoms with E-state index in [1.807, 2.05) is 51.1 Å². The van der Waals surface area contributed by atoms with Crippen LogP contribution >= 0.6 is 0 Å². The zero-order chi connectivity index (χ0) is 19.4. The first-order chi connectivity index (χ1) is 12.9. The summed E-state index contributed by atoms with van der Waals surface area (Å²) in [5, 5.41) is 2.42. The Labute approximate surface area is 160 Å². The maximum Gasteiger partial charge on any atom is 0.316 e. The Hall–Kier alpha value is -3.07. The molecule has 3 aromatic rings. The molecule has 0 radical (unpaired) electrons. The third kappa shape index (κ3) is 4.37. The van der Waals surface area contributed by atoms with Gasteiger partial charge >= 0.3 is 5.97 Å². The Morgan fingerprint density at radius 3 is 2.37 bits per heavy atom. The van der Waals surface area contributed by atoms with E-state index in [9.17, 15) is 4.79 Å². The minimum absolute atomic E-state index is 0.292. The molecule has 3 rings (SSSR count). The van der Waals surface area contributed by atoms with E-state index in [1.54, 1.807) is 13.2 Å². The van der Waals surface area contributed by atoms with Crippen molar-refractivity contribution in [1.29, 1.82) is 0 Å². The van der Waals surface area contributed by atoms with Crippen LogP contribution in [0.3, 0.4) is 0 Å². The summed E-state index contributed by atoms with van der Waals surface area (Å²) in [4.78, 5) is 12.1. The van der Waals surface area contributed by atoms with E-state index in [4.69, 9.17) is 9.47 Å². The molecule has 0 fully saturated rings. The Balaban J connectivity index is 1.87. The molecule has 0 unspecified atom stereocenters. The molecule has 0 bridgehead atoms. The summed E-state index contributed by atoms with van der Waals surface area (Å²) in [6.07, 6.45) is 4.11. The van der Waals surface area contributed by atoms with Crippen molar-refractivity contribution >= 4 is 28.9 Å². The number of rotatable bonds is 4. The van der Waals surface area contributed by atoms with Crippen LogP contribution in [0.4, 0.5) is 0 Å². The SMILES string of the molecule is COc1cc(/C=C/c2cccc3ccccc23)ccc1OC(=O)C(C)(C)C. The monoisotopic (exact) mass is 360 g/mol. The number of carbonyl (C=O) groups excluding carboxylic acids is 1. The first kappa shape index (κ1) is 18.7. The van der Waals surface area contributed by atoms with Gasteiger partial charge in [-0.05, 0) is 54.8 Å². The minimum Gasteiger partial charge on any atom is -0.493 e. The Kier molecular flexibility index (Phi) is 5.31. The Bertz CT molecular complexity index is 989.